The minimum atomic E-state index is -1.20. The number of aromatic nitrogens is 2. The lowest BCUT2D eigenvalue weighted by Crippen LogP contribution is -2.35. The molecule has 3 rings (SSSR count). The number of amides is 1. The molecule has 1 atom stereocenters. The summed E-state index contributed by atoms with van der Waals surface area (Å²) in [5.41, 5.74) is 0.768. The molecule has 2 aromatic heterocycles. The number of fused-ring (bicyclic) bond motifs is 1. The van der Waals surface area contributed by atoms with E-state index in [9.17, 15) is 19.5 Å². The van der Waals surface area contributed by atoms with Gasteiger partial charge in [-0.1, -0.05) is 24.6 Å². The zero-order chi connectivity index (χ0) is 21.3. The first kappa shape index (κ1) is 21.0. The maximum atomic E-state index is 13.2. The van der Waals surface area contributed by atoms with Crippen LogP contribution in [0.25, 0.3) is 10.2 Å². The molecule has 3 aromatic rings. The van der Waals surface area contributed by atoms with Gasteiger partial charge in [-0.3, -0.25) is 14.2 Å². The van der Waals surface area contributed by atoms with Gasteiger partial charge in [0.05, 0.1) is 10.9 Å². The molecule has 1 aromatic carbocycles. The standard InChI is InChI=1S/C20H20ClN3O4S/c1-4-5-15-23-18-16(13(9-29-18)20(27)28)19(26)24(15)11(3)17(25)22-12-7-6-10(2)14(21)8-12/h6-9,11H,4-5H2,1-3H3,(H,22,25)(H,27,28). The van der Waals surface area contributed by atoms with Crippen molar-refractivity contribution >= 4 is 50.7 Å². The monoisotopic (exact) mass is 433 g/mol. The van der Waals surface area contributed by atoms with Crippen molar-refractivity contribution in [3.63, 3.8) is 0 Å². The van der Waals surface area contributed by atoms with Crippen LogP contribution in [0.3, 0.4) is 0 Å². The largest absolute Gasteiger partial charge is 0.478 e. The maximum absolute atomic E-state index is 13.2. The van der Waals surface area contributed by atoms with Crippen molar-refractivity contribution < 1.29 is 14.7 Å². The zero-order valence-electron chi connectivity index (χ0n) is 16.2. The lowest BCUT2D eigenvalue weighted by atomic mass is 10.2. The molecule has 1 unspecified atom stereocenters. The summed E-state index contributed by atoms with van der Waals surface area (Å²) in [5.74, 6) is -1.16. The van der Waals surface area contributed by atoms with E-state index in [4.69, 9.17) is 11.6 Å². The lowest BCUT2D eigenvalue weighted by Gasteiger charge is -2.19. The van der Waals surface area contributed by atoms with E-state index >= 15 is 0 Å². The van der Waals surface area contributed by atoms with Crippen LogP contribution in [-0.2, 0) is 11.2 Å². The SMILES string of the molecule is CCCc1nc2scc(C(=O)O)c2c(=O)n1C(C)C(=O)Nc1ccc(C)c(Cl)c1. The molecule has 0 radical (unpaired) electrons. The van der Waals surface area contributed by atoms with Gasteiger partial charge in [0.2, 0.25) is 5.91 Å². The molecule has 9 heteroatoms. The lowest BCUT2D eigenvalue weighted by molar-refractivity contribution is -0.118. The molecule has 0 spiro atoms. The number of rotatable bonds is 6. The molecular formula is C20H20ClN3O4S. The summed E-state index contributed by atoms with van der Waals surface area (Å²) in [7, 11) is 0. The van der Waals surface area contributed by atoms with Gasteiger partial charge in [0.1, 0.15) is 16.7 Å². The third-order valence-electron chi connectivity index (χ3n) is 4.62. The van der Waals surface area contributed by atoms with Crippen LogP contribution in [0, 0.1) is 6.92 Å². The fourth-order valence-corrected chi connectivity index (χ4v) is 4.14. The second-order valence-electron chi connectivity index (χ2n) is 6.72. The van der Waals surface area contributed by atoms with Crippen LogP contribution >= 0.6 is 22.9 Å². The molecule has 1 amide bonds. The van der Waals surface area contributed by atoms with Crippen molar-refractivity contribution in [1.82, 2.24) is 9.55 Å². The first-order valence-corrected chi connectivity index (χ1v) is 10.3. The minimum absolute atomic E-state index is 0.0281. The molecule has 0 aliphatic carbocycles. The van der Waals surface area contributed by atoms with E-state index in [2.05, 4.69) is 10.3 Å². The van der Waals surface area contributed by atoms with Crippen molar-refractivity contribution in [1.29, 1.82) is 0 Å². The van der Waals surface area contributed by atoms with Crippen molar-refractivity contribution in [2.75, 3.05) is 5.32 Å². The highest BCUT2D eigenvalue weighted by Crippen LogP contribution is 2.24. The third kappa shape index (κ3) is 4.04. The predicted octanol–water partition coefficient (Wildman–Crippen LogP) is 4.27. The van der Waals surface area contributed by atoms with Gasteiger partial charge in [-0.2, -0.15) is 0 Å². The Bertz CT molecular complexity index is 1170. The molecule has 0 saturated heterocycles. The van der Waals surface area contributed by atoms with Crippen LogP contribution < -0.4 is 10.9 Å². The highest BCUT2D eigenvalue weighted by Gasteiger charge is 2.25. The van der Waals surface area contributed by atoms with Crippen LogP contribution in [0.5, 0.6) is 0 Å². The number of hydrogen-bond donors (Lipinski definition) is 2. The number of carbonyl (C=O) groups is 2. The van der Waals surface area contributed by atoms with Crippen LogP contribution in [0.1, 0.15) is 48.1 Å². The first-order valence-electron chi connectivity index (χ1n) is 9.07. The number of nitrogens with one attached hydrogen (secondary N) is 1. The molecule has 0 fully saturated rings. The summed E-state index contributed by atoms with van der Waals surface area (Å²) in [5, 5.41) is 14.1. The Hall–Kier alpha value is -2.71. The Morgan fingerprint density at radius 3 is 2.72 bits per heavy atom. The first-order chi connectivity index (χ1) is 13.7. The Morgan fingerprint density at radius 1 is 1.38 bits per heavy atom. The number of thiophene rings is 1. The number of aryl methyl sites for hydroxylation is 2. The fourth-order valence-electron chi connectivity index (χ4n) is 3.04. The van der Waals surface area contributed by atoms with Crippen molar-refractivity contribution in [3.8, 4) is 0 Å². The summed E-state index contributed by atoms with van der Waals surface area (Å²) in [6.07, 6.45) is 1.20. The minimum Gasteiger partial charge on any atom is -0.478 e. The van der Waals surface area contributed by atoms with E-state index in [1.807, 2.05) is 13.8 Å². The van der Waals surface area contributed by atoms with Gasteiger partial charge in [0.15, 0.2) is 0 Å². The smallest absolute Gasteiger partial charge is 0.337 e. The van der Waals surface area contributed by atoms with Gasteiger partial charge < -0.3 is 10.4 Å². The zero-order valence-corrected chi connectivity index (χ0v) is 17.7. The number of anilines is 1. The predicted molar refractivity (Wildman–Crippen MR) is 114 cm³/mol. The summed E-state index contributed by atoms with van der Waals surface area (Å²) in [4.78, 5) is 42.4. The van der Waals surface area contributed by atoms with E-state index in [0.717, 1.165) is 23.3 Å². The van der Waals surface area contributed by atoms with E-state index < -0.39 is 23.5 Å². The van der Waals surface area contributed by atoms with E-state index in [0.29, 0.717) is 27.8 Å². The van der Waals surface area contributed by atoms with Gasteiger partial charge in [0.25, 0.3) is 5.56 Å². The number of carboxylic acids is 1. The van der Waals surface area contributed by atoms with Crippen LogP contribution in [0.15, 0.2) is 28.4 Å². The second kappa shape index (κ2) is 8.34. The van der Waals surface area contributed by atoms with Gasteiger partial charge in [-0.15, -0.1) is 11.3 Å². The van der Waals surface area contributed by atoms with Gasteiger partial charge >= 0.3 is 5.97 Å². The molecular weight excluding hydrogens is 414 g/mol. The number of aromatic carboxylic acids is 1. The average molecular weight is 434 g/mol. The maximum Gasteiger partial charge on any atom is 0.337 e. The molecule has 0 bridgehead atoms. The van der Waals surface area contributed by atoms with E-state index in [1.165, 1.54) is 9.95 Å². The number of carbonyl (C=O) groups excluding carboxylic acids is 1. The quantitative estimate of drug-likeness (QED) is 0.604. The van der Waals surface area contributed by atoms with Crippen molar-refractivity contribution in [2.45, 2.75) is 39.7 Å². The molecule has 0 aliphatic heterocycles. The number of halogens is 1. The van der Waals surface area contributed by atoms with Crippen LogP contribution in [0.4, 0.5) is 5.69 Å². The molecule has 0 saturated carbocycles. The molecule has 7 nitrogen and oxygen atoms in total. The number of hydrogen-bond acceptors (Lipinski definition) is 5. The molecule has 29 heavy (non-hydrogen) atoms. The Labute approximate surface area is 176 Å². The second-order valence-corrected chi connectivity index (χ2v) is 7.98. The summed E-state index contributed by atoms with van der Waals surface area (Å²) in [6, 6.07) is 4.27. The van der Waals surface area contributed by atoms with Gasteiger partial charge in [-0.25, -0.2) is 9.78 Å². The highest BCUT2D eigenvalue weighted by molar-refractivity contribution is 7.17. The molecule has 2 heterocycles. The number of nitrogens with zero attached hydrogens (tertiary/aromatic N) is 2. The Balaban J connectivity index is 2.06. The third-order valence-corrected chi connectivity index (χ3v) is 5.90. The Kier molecular flexibility index (Phi) is 6.04. The van der Waals surface area contributed by atoms with Gasteiger partial charge in [0, 0.05) is 22.5 Å². The van der Waals surface area contributed by atoms with Crippen LogP contribution in [-0.4, -0.2) is 26.5 Å². The summed E-state index contributed by atoms with van der Waals surface area (Å²) in [6.45, 7) is 5.39. The average Bonchev–Trinajstić information content (AvgIpc) is 3.09. The van der Waals surface area contributed by atoms with E-state index in [1.54, 1.807) is 25.1 Å². The highest BCUT2D eigenvalue weighted by atomic mass is 35.5. The summed E-state index contributed by atoms with van der Waals surface area (Å²) >= 11 is 7.22. The normalized spacial score (nSPS) is 12.1. The van der Waals surface area contributed by atoms with E-state index in [-0.39, 0.29) is 10.9 Å². The Morgan fingerprint density at radius 2 is 2.10 bits per heavy atom. The van der Waals surface area contributed by atoms with Crippen LogP contribution in [0.2, 0.25) is 5.02 Å². The number of carboxylic acid groups (broad SMARTS) is 1. The molecule has 0 aliphatic rings. The molecule has 152 valence electrons. The summed E-state index contributed by atoms with van der Waals surface area (Å²) < 4.78 is 1.29. The number of benzene rings is 1. The topological polar surface area (TPSA) is 101 Å². The fraction of sp³-hybridized carbons (Fsp3) is 0.300. The van der Waals surface area contributed by atoms with Crippen molar-refractivity contribution in [3.05, 3.63) is 55.9 Å². The van der Waals surface area contributed by atoms with Crippen molar-refractivity contribution in [2.24, 2.45) is 0 Å². The van der Waals surface area contributed by atoms with Gasteiger partial charge in [-0.05, 0) is 38.0 Å². The molecule has 2 N–H and O–H groups in total.